The number of benzene rings is 1. The van der Waals surface area contributed by atoms with Crippen LogP contribution in [-0.4, -0.2) is 21.7 Å². The molecule has 22 heavy (non-hydrogen) atoms. The highest BCUT2D eigenvalue weighted by molar-refractivity contribution is 5.94. The maximum Gasteiger partial charge on any atom is 0.228 e. The summed E-state index contributed by atoms with van der Waals surface area (Å²) in [5.41, 5.74) is 9.35. The highest BCUT2D eigenvalue weighted by Gasteiger charge is 2.18. The van der Waals surface area contributed by atoms with Gasteiger partial charge in [-0.1, -0.05) is 19.1 Å². The topological polar surface area (TPSA) is 72.9 Å². The number of carbonyl (C=O) groups excluding carboxylic acids is 1. The summed E-state index contributed by atoms with van der Waals surface area (Å²) in [4.78, 5) is 12.2. The number of hydrogen-bond donors (Lipinski definition) is 2. The van der Waals surface area contributed by atoms with E-state index in [0.717, 1.165) is 22.8 Å². The Bertz CT molecular complexity index is 651. The quantitative estimate of drug-likeness (QED) is 0.909. The van der Waals surface area contributed by atoms with E-state index in [0.29, 0.717) is 0 Å². The van der Waals surface area contributed by atoms with Gasteiger partial charge in [-0.25, -0.2) is 4.68 Å². The maximum absolute atomic E-state index is 12.2. The molecule has 6 heteroatoms. The normalized spacial score (nSPS) is 13.1. The molecule has 1 heterocycles. The number of para-hydroxylation sites is 2. The largest absolute Gasteiger partial charge is 0.327 e. The summed E-state index contributed by atoms with van der Waals surface area (Å²) >= 11 is 0. The monoisotopic (exact) mass is 322 g/mol. The summed E-state index contributed by atoms with van der Waals surface area (Å²) in [6.45, 7) is 7.59. The lowest BCUT2D eigenvalue weighted by atomic mass is 10.0. The molecule has 2 aromatic rings. The van der Waals surface area contributed by atoms with Crippen LogP contribution in [0.1, 0.15) is 25.2 Å². The van der Waals surface area contributed by atoms with Crippen molar-refractivity contribution in [2.24, 2.45) is 11.7 Å². The molecule has 1 aromatic carbocycles. The van der Waals surface area contributed by atoms with Crippen molar-refractivity contribution >= 4 is 24.0 Å². The highest BCUT2D eigenvalue weighted by atomic mass is 35.5. The molecule has 2 rings (SSSR count). The summed E-state index contributed by atoms with van der Waals surface area (Å²) in [5, 5.41) is 7.42. The van der Waals surface area contributed by atoms with Gasteiger partial charge in [0.05, 0.1) is 23.0 Å². The van der Waals surface area contributed by atoms with Gasteiger partial charge in [0.15, 0.2) is 0 Å². The number of amides is 1. The minimum Gasteiger partial charge on any atom is -0.327 e. The van der Waals surface area contributed by atoms with Crippen LogP contribution in [0.4, 0.5) is 5.69 Å². The van der Waals surface area contributed by atoms with E-state index in [2.05, 4.69) is 10.4 Å². The maximum atomic E-state index is 12.2. The SMILES string of the molecule is Cc1cc(C)n(-c2ccccc2NC(=O)C(C)C(C)N)n1.Cl. The Morgan fingerprint density at radius 2 is 1.91 bits per heavy atom. The third-order valence-electron chi connectivity index (χ3n) is 3.60. The van der Waals surface area contributed by atoms with Crippen LogP contribution in [0.25, 0.3) is 5.69 Å². The van der Waals surface area contributed by atoms with Gasteiger partial charge in [0.2, 0.25) is 5.91 Å². The van der Waals surface area contributed by atoms with Crippen molar-refractivity contribution in [1.82, 2.24) is 9.78 Å². The molecule has 0 saturated carbocycles. The molecular weight excluding hydrogens is 300 g/mol. The summed E-state index contributed by atoms with van der Waals surface area (Å²) in [5.74, 6) is -0.336. The van der Waals surface area contributed by atoms with Crippen molar-refractivity contribution in [3.63, 3.8) is 0 Å². The van der Waals surface area contributed by atoms with Crippen molar-refractivity contribution in [1.29, 1.82) is 0 Å². The lowest BCUT2D eigenvalue weighted by Gasteiger charge is -2.17. The van der Waals surface area contributed by atoms with E-state index in [9.17, 15) is 4.79 Å². The van der Waals surface area contributed by atoms with E-state index < -0.39 is 0 Å². The van der Waals surface area contributed by atoms with Crippen molar-refractivity contribution in [3.05, 3.63) is 41.7 Å². The molecule has 2 atom stereocenters. The molecule has 1 amide bonds. The third kappa shape index (κ3) is 3.87. The first-order chi connectivity index (χ1) is 9.90. The zero-order valence-electron chi connectivity index (χ0n) is 13.3. The van der Waals surface area contributed by atoms with E-state index in [1.54, 1.807) is 0 Å². The summed E-state index contributed by atoms with van der Waals surface area (Å²) in [6.07, 6.45) is 0. The number of nitrogens with one attached hydrogen (secondary N) is 1. The summed E-state index contributed by atoms with van der Waals surface area (Å²) in [7, 11) is 0. The number of aromatic nitrogens is 2. The van der Waals surface area contributed by atoms with Crippen LogP contribution < -0.4 is 11.1 Å². The van der Waals surface area contributed by atoms with Gasteiger partial charge in [-0.05, 0) is 39.0 Å². The Hall–Kier alpha value is -1.85. The van der Waals surface area contributed by atoms with Gasteiger partial charge in [0.25, 0.3) is 0 Å². The molecule has 0 aliphatic rings. The van der Waals surface area contributed by atoms with Gasteiger partial charge in [0, 0.05) is 11.7 Å². The van der Waals surface area contributed by atoms with Gasteiger partial charge in [-0.15, -0.1) is 12.4 Å². The molecule has 120 valence electrons. The van der Waals surface area contributed by atoms with Crippen LogP contribution in [0.3, 0.4) is 0 Å². The number of anilines is 1. The Morgan fingerprint density at radius 1 is 1.27 bits per heavy atom. The molecule has 2 unspecified atom stereocenters. The second kappa shape index (κ2) is 7.42. The molecule has 5 nitrogen and oxygen atoms in total. The Labute approximate surface area is 137 Å². The van der Waals surface area contributed by atoms with E-state index in [1.165, 1.54) is 0 Å². The molecule has 0 aliphatic carbocycles. The van der Waals surface area contributed by atoms with Crippen LogP contribution in [-0.2, 0) is 4.79 Å². The minimum absolute atomic E-state index is 0. The van der Waals surface area contributed by atoms with Gasteiger partial charge in [0.1, 0.15) is 0 Å². The first-order valence-corrected chi connectivity index (χ1v) is 7.09. The van der Waals surface area contributed by atoms with Gasteiger partial charge < -0.3 is 11.1 Å². The first-order valence-electron chi connectivity index (χ1n) is 7.09. The number of rotatable bonds is 4. The van der Waals surface area contributed by atoms with Crippen LogP contribution in [0, 0.1) is 19.8 Å². The number of hydrogen-bond acceptors (Lipinski definition) is 3. The van der Waals surface area contributed by atoms with Gasteiger partial charge in [-0.3, -0.25) is 4.79 Å². The van der Waals surface area contributed by atoms with Crippen LogP contribution in [0.2, 0.25) is 0 Å². The minimum atomic E-state index is -0.251. The number of nitrogens with two attached hydrogens (primary N) is 1. The van der Waals surface area contributed by atoms with E-state index >= 15 is 0 Å². The molecule has 0 bridgehead atoms. The van der Waals surface area contributed by atoms with E-state index in [4.69, 9.17) is 5.73 Å². The summed E-state index contributed by atoms with van der Waals surface area (Å²) in [6, 6.07) is 9.44. The van der Waals surface area contributed by atoms with E-state index in [-0.39, 0.29) is 30.3 Å². The van der Waals surface area contributed by atoms with Crippen LogP contribution >= 0.6 is 12.4 Å². The summed E-state index contributed by atoms with van der Waals surface area (Å²) < 4.78 is 1.83. The molecule has 0 fully saturated rings. The number of aryl methyl sites for hydroxylation is 2. The molecule has 3 N–H and O–H groups in total. The fourth-order valence-electron chi connectivity index (χ4n) is 2.12. The molecule has 0 saturated heterocycles. The molecule has 1 aromatic heterocycles. The average Bonchev–Trinajstić information content (AvgIpc) is 2.77. The third-order valence-corrected chi connectivity index (χ3v) is 3.60. The lowest BCUT2D eigenvalue weighted by molar-refractivity contribution is -0.119. The van der Waals surface area contributed by atoms with Crippen LogP contribution in [0.15, 0.2) is 30.3 Å². The fraction of sp³-hybridized carbons (Fsp3) is 0.375. The molecule has 0 spiro atoms. The Kier molecular flexibility index (Phi) is 6.14. The second-order valence-electron chi connectivity index (χ2n) is 5.49. The first kappa shape index (κ1) is 18.2. The fourth-order valence-corrected chi connectivity index (χ4v) is 2.12. The number of nitrogens with zero attached hydrogens (tertiary/aromatic N) is 2. The van der Waals surface area contributed by atoms with Crippen molar-refractivity contribution in [2.45, 2.75) is 33.7 Å². The zero-order valence-corrected chi connectivity index (χ0v) is 14.1. The highest BCUT2D eigenvalue weighted by Crippen LogP contribution is 2.22. The average molecular weight is 323 g/mol. The van der Waals surface area contributed by atoms with Gasteiger partial charge >= 0.3 is 0 Å². The Balaban J connectivity index is 0.00000242. The van der Waals surface area contributed by atoms with Crippen molar-refractivity contribution in [2.75, 3.05) is 5.32 Å². The van der Waals surface area contributed by atoms with Crippen LogP contribution in [0.5, 0.6) is 0 Å². The van der Waals surface area contributed by atoms with E-state index in [1.807, 2.05) is 62.7 Å². The molecular formula is C16H23ClN4O. The molecule has 0 aliphatic heterocycles. The molecule has 0 radical (unpaired) electrons. The van der Waals surface area contributed by atoms with Crippen molar-refractivity contribution < 1.29 is 4.79 Å². The second-order valence-corrected chi connectivity index (χ2v) is 5.49. The zero-order chi connectivity index (χ0) is 15.6. The lowest BCUT2D eigenvalue weighted by Crippen LogP contribution is -2.34. The smallest absolute Gasteiger partial charge is 0.228 e. The van der Waals surface area contributed by atoms with Crippen molar-refractivity contribution in [3.8, 4) is 5.69 Å². The van der Waals surface area contributed by atoms with Gasteiger partial charge in [-0.2, -0.15) is 5.10 Å². The number of carbonyl (C=O) groups is 1. The predicted molar refractivity (Wildman–Crippen MR) is 91.7 cm³/mol. The Morgan fingerprint density at radius 3 is 2.45 bits per heavy atom. The predicted octanol–water partition coefficient (Wildman–Crippen LogP) is 2.83. The number of halogens is 1. The standard InChI is InChI=1S/C16H22N4O.ClH/c1-10-9-11(2)20(19-10)15-8-6-5-7-14(15)18-16(21)12(3)13(4)17;/h5-9,12-13H,17H2,1-4H3,(H,18,21);1H.